The van der Waals surface area contributed by atoms with Crippen LogP contribution in [0.5, 0.6) is 0 Å². The lowest BCUT2D eigenvalue weighted by molar-refractivity contribution is 0.0469. The Morgan fingerprint density at radius 2 is 1.74 bits per heavy atom. The molecule has 3 atom stereocenters. The number of amides is 2. The predicted octanol–water partition coefficient (Wildman–Crippen LogP) is 5.62. The zero-order valence-electron chi connectivity index (χ0n) is 34.1. The van der Waals surface area contributed by atoms with Crippen LogP contribution in [0.2, 0.25) is 0 Å². The molecular weight excluding hydrogens is 827 g/mol. The molecule has 8 rings (SSSR count). The number of ether oxygens (including phenoxy) is 1. The monoisotopic (exact) mass is 876 g/mol. The summed E-state index contributed by atoms with van der Waals surface area (Å²) in [5.74, 6) is -1.04. The topological polar surface area (TPSA) is 151 Å². The molecule has 3 aromatic carbocycles. The van der Waals surface area contributed by atoms with Crippen molar-refractivity contribution in [3.05, 3.63) is 119 Å². The van der Waals surface area contributed by atoms with E-state index in [1.807, 2.05) is 23.5 Å². The number of hydrogen-bond donors (Lipinski definition) is 1. The molecule has 61 heavy (non-hydrogen) atoms. The zero-order valence-corrected chi connectivity index (χ0v) is 35.8. The Morgan fingerprint density at radius 1 is 0.984 bits per heavy atom. The first kappa shape index (κ1) is 42.6. The summed E-state index contributed by atoms with van der Waals surface area (Å²) in [6, 6.07) is 14.8. The van der Waals surface area contributed by atoms with Gasteiger partial charge < -0.3 is 29.3 Å². The first-order valence-corrected chi connectivity index (χ1v) is 24.0. The molecule has 1 aliphatic carbocycles. The number of carbonyl (C=O) groups is 2. The van der Waals surface area contributed by atoms with Gasteiger partial charge in [-0.3, -0.25) is 4.79 Å². The van der Waals surface area contributed by atoms with Crippen molar-refractivity contribution in [2.45, 2.75) is 60.0 Å². The van der Waals surface area contributed by atoms with Crippen LogP contribution in [-0.2, 0) is 36.5 Å². The van der Waals surface area contributed by atoms with E-state index in [-0.39, 0.29) is 58.1 Å². The number of piperidine rings is 1. The third-order valence-corrected chi connectivity index (χ3v) is 15.4. The van der Waals surface area contributed by atoms with Gasteiger partial charge in [-0.2, -0.15) is 0 Å². The van der Waals surface area contributed by atoms with E-state index in [2.05, 4.69) is 19.8 Å². The van der Waals surface area contributed by atoms with Crippen LogP contribution in [0.4, 0.5) is 19.3 Å². The second-order valence-electron chi connectivity index (χ2n) is 16.8. The number of hydrogen-bond acceptors (Lipinski definition) is 10. The number of nitrogens with zero attached hydrogens (tertiary/aromatic N) is 5. The lowest BCUT2D eigenvalue weighted by Crippen LogP contribution is -2.57. The summed E-state index contributed by atoms with van der Waals surface area (Å²) < 4.78 is 88.1. The maximum atomic E-state index is 15.7. The number of rotatable bonds is 13. The van der Waals surface area contributed by atoms with Gasteiger partial charge in [0, 0.05) is 80.2 Å². The molecule has 4 aliphatic rings. The fraction of sp³-hybridized carbons (Fsp3) is 0.432. The van der Waals surface area contributed by atoms with Crippen molar-refractivity contribution in [2.75, 3.05) is 57.5 Å². The van der Waals surface area contributed by atoms with Gasteiger partial charge in [-0.25, -0.2) is 35.4 Å². The van der Waals surface area contributed by atoms with Crippen molar-refractivity contribution in [1.29, 1.82) is 0 Å². The van der Waals surface area contributed by atoms with Crippen LogP contribution >= 0.6 is 0 Å². The minimum Gasteiger partial charge on any atom is -0.453 e. The number of sulfone groups is 2. The summed E-state index contributed by atoms with van der Waals surface area (Å²) in [7, 11) is -6.16. The first-order chi connectivity index (χ1) is 29.2. The molecule has 4 aromatic rings. The van der Waals surface area contributed by atoms with Crippen LogP contribution in [0.1, 0.15) is 53.6 Å². The highest BCUT2D eigenvalue weighted by molar-refractivity contribution is 7.93. The van der Waals surface area contributed by atoms with Gasteiger partial charge in [-0.1, -0.05) is 30.7 Å². The standard InChI is InChI=1S/C44H50F2N6O7S2/c1-59-43(54)48-40-9-4-8-38(40)44(52-20-16-47-29-52,33-6-3-7-34(45)22-33)32-14-18-49(19-15-32)25-30-26-51(27-30)41-13-12-36(24-39(41)46)61(57,58)35-11-10-31-28-50(42(53)37(31)23-35)17-5-21-60(2,55)56/h3,5-7,10-13,16,20-24,29-30,32,38,40H,4,8-9,14-15,17-19,25-28H2,1-2H3,(H,48,54)/b21-5+/t38-,40-,44?/m0/s1. The van der Waals surface area contributed by atoms with Crippen LogP contribution in [0.25, 0.3) is 0 Å². The van der Waals surface area contributed by atoms with E-state index in [9.17, 15) is 26.4 Å². The second-order valence-corrected chi connectivity index (χ2v) is 20.6. The van der Waals surface area contributed by atoms with Crippen molar-refractivity contribution in [1.82, 2.24) is 24.7 Å². The Kier molecular flexibility index (Phi) is 11.8. The maximum Gasteiger partial charge on any atom is 0.407 e. The van der Waals surface area contributed by atoms with Gasteiger partial charge in [0.15, 0.2) is 9.84 Å². The van der Waals surface area contributed by atoms with Gasteiger partial charge in [-0.15, -0.1) is 0 Å². The summed E-state index contributed by atoms with van der Waals surface area (Å²) in [5.41, 5.74) is 1.34. The first-order valence-electron chi connectivity index (χ1n) is 20.6. The molecule has 3 fully saturated rings. The number of benzene rings is 3. The number of anilines is 1. The number of likely N-dealkylation sites (tertiary alicyclic amines) is 1. The molecular formula is C44H50F2N6O7S2. The number of carbonyl (C=O) groups excluding carboxylic acids is 2. The fourth-order valence-electron chi connectivity index (χ4n) is 10.2. The third kappa shape index (κ3) is 8.43. The van der Waals surface area contributed by atoms with Gasteiger partial charge in [0.05, 0.1) is 34.5 Å². The lowest BCUT2D eigenvalue weighted by Gasteiger charge is -2.52. The Balaban J connectivity index is 0.915. The number of alkyl carbamates (subject to hydrolysis) is 1. The summed E-state index contributed by atoms with van der Waals surface area (Å²) >= 11 is 0. The van der Waals surface area contributed by atoms with Gasteiger partial charge in [0.1, 0.15) is 11.6 Å². The van der Waals surface area contributed by atoms with E-state index in [1.54, 1.807) is 24.4 Å². The molecule has 0 radical (unpaired) electrons. The van der Waals surface area contributed by atoms with E-state index < -0.39 is 43.0 Å². The molecule has 3 aliphatic heterocycles. The van der Waals surface area contributed by atoms with E-state index in [4.69, 9.17) is 4.74 Å². The molecule has 1 unspecified atom stereocenters. The maximum absolute atomic E-state index is 15.7. The van der Waals surface area contributed by atoms with Crippen molar-refractivity contribution in [2.24, 2.45) is 17.8 Å². The zero-order chi connectivity index (χ0) is 43.1. The van der Waals surface area contributed by atoms with E-state index in [1.165, 1.54) is 48.4 Å². The minimum atomic E-state index is -4.16. The van der Waals surface area contributed by atoms with Crippen LogP contribution in [-0.4, -0.2) is 107 Å². The quantitative estimate of drug-likeness (QED) is 0.179. The normalized spacial score (nSPS) is 21.4. The number of aromatic nitrogens is 2. The smallest absolute Gasteiger partial charge is 0.407 e. The molecule has 13 nitrogen and oxygen atoms in total. The van der Waals surface area contributed by atoms with Crippen molar-refractivity contribution in [3.63, 3.8) is 0 Å². The number of methoxy groups -OCH3 is 1. The summed E-state index contributed by atoms with van der Waals surface area (Å²) in [5, 5.41) is 4.11. The predicted molar refractivity (Wildman–Crippen MR) is 224 cm³/mol. The summed E-state index contributed by atoms with van der Waals surface area (Å²) in [6.45, 7) is 3.91. The van der Waals surface area contributed by atoms with Gasteiger partial charge >= 0.3 is 6.09 Å². The number of nitrogens with one attached hydrogen (secondary N) is 1. The molecule has 324 valence electrons. The van der Waals surface area contributed by atoms with Crippen molar-refractivity contribution in [3.8, 4) is 0 Å². The number of imidazole rings is 1. The second kappa shape index (κ2) is 17.0. The molecule has 17 heteroatoms. The average Bonchev–Trinajstić information content (AvgIpc) is 3.99. The number of halogens is 2. The van der Waals surface area contributed by atoms with E-state index in [0.717, 1.165) is 75.0 Å². The molecule has 2 saturated heterocycles. The molecule has 0 bridgehead atoms. The lowest BCUT2D eigenvalue weighted by atomic mass is 9.64. The van der Waals surface area contributed by atoms with E-state index in [0.29, 0.717) is 24.3 Å². The van der Waals surface area contributed by atoms with Gasteiger partial charge in [0.25, 0.3) is 5.91 Å². The Morgan fingerprint density at radius 3 is 2.43 bits per heavy atom. The minimum absolute atomic E-state index is 0.0383. The van der Waals surface area contributed by atoms with E-state index >= 15 is 8.78 Å². The molecule has 1 N–H and O–H groups in total. The van der Waals surface area contributed by atoms with Gasteiger partial charge in [-0.05, 0) is 98.3 Å². The Hall–Kier alpha value is -5.13. The Bertz CT molecular complexity index is 2540. The van der Waals surface area contributed by atoms with Crippen molar-refractivity contribution >= 4 is 37.4 Å². The molecule has 4 heterocycles. The van der Waals surface area contributed by atoms with Crippen LogP contribution in [0.3, 0.4) is 0 Å². The highest BCUT2D eigenvalue weighted by atomic mass is 32.2. The molecule has 0 spiro atoms. The highest BCUT2D eigenvalue weighted by Crippen LogP contribution is 2.51. The highest BCUT2D eigenvalue weighted by Gasteiger charge is 2.53. The van der Waals surface area contributed by atoms with Gasteiger partial charge in [0.2, 0.25) is 9.84 Å². The fourth-order valence-corrected chi connectivity index (χ4v) is 12.0. The van der Waals surface area contributed by atoms with Crippen LogP contribution in [0, 0.1) is 29.4 Å². The number of fused-ring (bicyclic) bond motifs is 1. The third-order valence-electron chi connectivity index (χ3n) is 13.0. The molecule has 2 amide bonds. The SMILES string of the molecule is COC(=O)N[C@H]1CCC[C@@H]1C(c1cccc(F)c1)(C1CCN(CC2CN(c3ccc(S(=O)(=O)c4ccc5c(c4)C(=O)N(C/C=C/S(C)(=O)=O)C5)cc3F)C2)CC1)n1ccnc1. The summed E-state index contributed by atoms with van der Waals surface area (Å²) in [6.07, 6.45) is 11.6. The van der Waals surface area contributed by atoms with Crippen LogP contribution < -0.4 is 10.2 Å². The Labute approximate surface area is 355 Å². The van der Waals surface area contributed by atoms with Crippen molar-refractivity contribution < 1.29 is 39.9 Å². The molecule has 1 saturated carbocycles. The van der Waals surface area contributed by atoms with Crippen LogP contribution in [0.15, 0.2) is 101 Å². The average molecular weight is 877 g/mol. The summed E-state index contributed by atoms with van der Waals surface area (Å²) in [4.78, 5) is 35.4. The molecule has 1 aromatic heterocycles. The largest absolute Gasteiger partial charge is 0.453 e.